The van der Waals surface area contributed by atoms with Gasteiger partial charge < -0.3 is 15.4 Å². The molecule has 0 radical (unpaired) electrons. The smallest absolute Gasteiger partial charge is 0.387 e. The standard InChI is InChI=1S/C16H23F2N3OS/c1-16(8-5-9-23-16)11-21-15(19-2)20-10-12-6-3-4-7-13(12)22-14(17)18/h3-4,6-7,14H,5,8-11H2,1-2H3,(H2,19,20,21). The molecule has 1 heterocycles. The number of ether oxygens (including phenoxy) is 1. The minimum absolute atomic E-state index is 0.184. The fraction of sp³-hybridized carbons (Fsp3) is 0.562. The van der Waals surface area contributed by atoms with Crippen LogP contribution in [0.2, 0.25) is 0 Å². The molecule has 0 amide bonds. The average molecular weight is 343 g/mol. The Hall–Kier alpha value is -1.50. The van der Waals surface area contributed by atoms with E-state index in [1.807, 2.05) is 11.8 Å². The molecule has 0 aromatic heterocycles. The maximum Gasteiger partial charge on any atom is 0.387 e. The lowest BCUT2D eigenvalue weighted by atomic mass is 10.1. The minimum Gasteiger partial charge on any atom is -0.434 e. The molecule has 1 aliphatic rings. The maximum absolute atomic E-state index is 12.4. The first-order valence-corrected chi connectivity index (χ1v) is 8.62. The van der Waals surface area contributed by atoms with E-state index in [4.69, 9.17) is 0 Å². The van der Waals surface area contributed by atoms with Gasteiger partial charge in [0.15, 0.2) is 5.96 Å². The van der Waals surface area contributed by atoms with Gasteiger partial charge in [0.2, 0.25) is 0 Å². The Morgan fingerprint density at radius 1 is 1.39 bits per heavy atom. The molecule has 0 saturated carbocycles. The molecule has 128 valence electrons. The van der Waals surface area contributed by atoms with Gasteiger partial charge in [0.25, 0.3) is 0 Å². The van der Waals surface area contributed by atoms with Crippen molar-refractivity contribution in [2.75, 3.05) is 19.3 Å². The summed E-state index contributed by atoms with van der Waals surface area (Å²) in [4.78, 5) is 4.18. The summed E-state index contributed by atoms with van der Waals surface area (Å²) in [6.45, 7) is 0.614. The summed E-state index contributed by atoms with van der Waals surface area (Å²) in [5.41, 5.74) is 0.664. The molecule has 1 fully saturated rings. The lowest BCUT2D eigenvalue weighted by molar-refractivity contribution is -0.0504. The number of rotatable bonds is 6. The molecule has 1 unspecified atom stereocenters. The number of hydrogen-bond donors (Lipinski definition) is 2. The summed E-state index contributed by atoms with van der Waals surface area (Å²) in [5, 5.41) is 6.46. The number of nitrogens with zero attached hydrogens (tertiary/aromatic N) is 1. The topological polar surface area (TPSA) is 45.7 Å². The fourth-order valence-corrected chi connectivity index (χ4v) is 3.75. The monoisotopic (exact) mass is 343 g/mol. The Kier molecular flexibility index (Phi) is 6.50. The molecular formula is C16H23F2N3OS. The molecule has 1 aromatic carbocycles. The summed E-state index contributed by atoms with van der Waals surface area (Å²) in [6, 6.07) is 6.76. The zero-order valence-corrected chi connectivity index (χ0v) is 14.3. The van der Waals surface area contributed by atoms with E-state index in [-0.39, 0.29) is 10.5 Å². The highest BCUT2D eigenvalue weighted by Gasteiger charge is 2.29. The number of para-hydroxylation sites is 1. The van der Waals surface area contributed by atoms with Crippen LogP contribution in [0.25, 0.3) is 0 Å². The van der Waals surface area contributed by atoms with E-state index in [0.717, 1.165) is 6.54 Å². The largest absolute Gasteiger partial charge is 0.434 e. The molecule has 0 bridgehead atoms. The molecule has 2 N–H and O–H groups in total. The fourth-order valence-electron chi connectivity index (χ4n) is 2.51. The first-order chi connectivity index (χ1) is 11.0. The zero-order chi connectivity index (χ0) is 16.7. The second kappa shape index (κ2) is 8.38. The Labute approximate surface area is 140 Å². The number of benzene rings is 1. The third-order valence-electron chi connectivity index (χ3n) is 3.79. The molecule has 4 nitrogen and oxygen atoms in total. The SMILES string of the molecule is CN=C(NCc1ccccc1OC(F)F)NCC1(C)CCCS1. The summed E-state index contributed by atoms with van der Waals surface area (Å²) in [5.74, 6) is 2.04. The molecule has 1 aliphatic heterocycles. The van der Waals surface area contributed by atoms with Crippen LogP contribution >= 0.6 is 11.8 Å². The lowest BCUT2D eigenvalue weighted by Gasteiger charge is -2.24. The van der Waals surface area contributed by atoms with E-state index < -0.39 is 6.61 Å². The van der Waals surface area contributed by atoms with Crippen LogP contribution in [0.5, 0.6) is 5.75 Å². The molecular weight excluding hydrogens is 320 g/mol. The molecule has 2 rings (SSSR count). The number of guanidine groups is 1. The van der Waals surface area contributed by atoms with E-state index in [9.17, 15) is 8.78 Å². The van der Waals surface area contributed by atoms with Crippen LogP contribution in [0.1, 0.15) is 25.3 Å². The molecule has 1 saturated heterocycles. The van der Waals surface area contributed by atoms with Gasteiger partial charge in [0.05, 0.1) is 0 Å². The van der Waals surface area contributed by atoms with Gasteiger partial charge in [0, 0.05) is 30.4 Å². The molecule has 1 atom stereocenters. The molecule has 0 spiro atoms. The highest BCUT2D eigenvalue weighted by atomic mass is 32.2. The van der Waals surface area contributed by atoms with Crippen molar-refractivity contribution in [3.8, 4) is 5.75 Å². The summed E-state index contributed by atoms with van der Waals surface area (Å²) in [7, 11) is 1.70. The molecule has 0 aliphatic carbocycles. The van der Waals surface area contributed by atoms with E-state index in [1.54, 1.807) is 25.2 Å². The van der Waals surface area contributed by atoms with Gasteiger partial charge >= 0.3 is 6.61 Å². The highest BCUT2D eigenvalue weighted by molar-refractivity contribution is 8.00. The van der Waals surface area contributed by atoms with Crippen LogP contribution in [-0.2, 0) is 6.54 Å². The second-order valence-corrected chi connectivity index (χ2v) is 7.35. The molecule has 7 heteroatoms. The molecule has 1 aromatic rings. The van der Waals surface area contributed by atoms with Crippen molar-refractivity contribution < 1.29 is 13.5 Å². The number of hydrogen-bond acceptors (Lipinski definition) is 3. The maximum atomic E-state index is 12.4. The lowest BCUT2D eigenvalue weighted by Crippen LogP contribution is -2.43. The number of nitrogens with one attached hydrogen (secondary N) is 2. The van der Waals surface area contributed by atoms with Gasteiger partial charge in [-0.2, -0.15) is 20.5 Å². The van der Waals surface area contributed by atoms with Crippen LogP contribution in [-0.4, -0.2) is 36.7 Å². The van der Waals surface area contributed by atoms with Gasteiger partial charge in [-0.25, -0.2) is 0 Å². The summed E-state index contributed by atoms with van der Waals surface area (Å²) < 4.78 is 29.6. The Bertz CT molecular complexity index is 534. The van der Waals surface area contributed by atoms with Crippen LogP contribution in [0, 0.1) is 0 Å². The van der Waals surface area contributed by atoms with Gasteiger partial charge in [-0.05, 0) is 31.6 Å². The van der Waals surface area contributed by atoms with Crippen LogP contribution in [0.4, 0.5) is 8.78 Å². The van der Waals surface area contributed by atoms with E-state index in [0.29, 0.717) is 18.1 Å². The minimum atomic E-state index is -2.83. The highest BCUT2D eigenvalue weighted by Crippen LogP contribution is 2.36. The third-order valence-corrected chi connectivity index (χ3v) is 5.33. The van der Waals surface area contributed by atoms with Crippen LogP contribution < -0.4 is 15.4 Å². The first-order valence-electron chi connectivity index (χ1n) is 7.63. The van der Waals surface area contributed by atoms with Gasteiger partial charge in [-0.3, -0.25) is 4.99 Å². The first kappa shape index (κ1) is 17.8. The molecule has 23 heavy (non-hydrogen) atoms. The average Bonchev–Trinajstić information content (AvgIpc) is 2.95. The quantitative estimate of drug-likeness (QED) is 0.615. The number of alkyl halides is 2. The Morgan fingerprint density at radius 2 is 2.17 bits per heavy atom. The normalized spacial score (nSPS) is 21.5. The van der Waals surface area contributed by atoms with Gasteiger partial charge in [-0.1, -0.05) is 18.2 Å². The van der Waals surface area contributed by atoms with Crippen molar-refractivity contribution in [2.45, 2.75) is 37.7 Å². The van der Waals surface area contributed by atoms with E-state index in [1.165, 1.54) is 24.7 Å². The Morgan fingerprint density at radius 3 is 2.83 bits per heavy atom. The van der Waals surface area contributed by atoms with Crippen LogP contribution in [0.15, 0.2) is 29.3 Å². The van der Waals surface area contributed by atoms with Crippen molar-refractivity contribution in [3.63, 3.8) is 0 Å². The van der Waals surface area contributed by atoms with Crippen molar-refractivity contribution in [2.24, 2.45) is 4.99 Å². The van der Waals surface area contributed by atoms with E-state index >= 15 is 0 Å². The van der Waals surface area contributed by atoms with Gasteiger partial charge in [-0.15, -0.1) is 0 Å². The number of halogens is 2. The van der Waals surface area contributed by atoms with Crippen molar-refractivity contribution in [1.29, 1.82) is 0 Å². The van der Waals surface area contributed by atoms with Crippen molar-refractivity contribution in [3.05, 3.63) is 29.8 Å². The van der Waals surface area contributed by atoms with Gasteiger partial charge in [0.1, 0.15) is 5.75 Å². The van der Waals surface area contributed by atoms with Crippen molar-refractivity contribution >= 4 is 17.7 Å². The predicted molar refractivity (Wildman–Crippen MR) is 91.4 cm³/mol. The van der Waals surface area contributed by atoms with E-state index in [2.05, 4.69) is 27.3 Å². The third kappa shape index (κ3) is 5.57. The van der Waals surface area contributed by atoms with Crippen molar-refractivity contribution in [1.82, 2.24) is 10.6 Å². The zero-order valence-electron chi connectivity index (χ0n) is 13.4. The second-order valence-electron chi connectivity index (χ2n) is 5.67. The summed E-state index contributed by atoms with van der Waals surface area (Å²) in [6.07, 6.45) is 2.43. The Balaban J connectivity index is 1.88. The predicted octanol–water partition coefficient (Wildman–Crippen LogP) is 3.24. The number of thioether (sulfide) groups is 1. The summed E-state index contributed by atoms with van der Waals surface area (Å²) >= 11 is 1.97. The number of aliphatic imine (C=N–C) groups is 1. The van der Waals surface area contributed by atoms with Crippen LogP contribution in [0.3, 0.4) is 0 Å².